The molecule has 3 aromatic rings. The highest BCUT2D eigenvalue weighted by Gasteiger charge is 2.06. The molecule has 18 heavy (non-hydrogen) atoms. The van der Waals surface area contributed by atoms with Crippen LogP contribution in [0.4, 0.5) is 0 Å². The maximum Gasteiger partial charge on any atom is 0.183 e. The predicted octanol–water partition coefficient (Wildman–Crippen LogP) is 2.35. The molecule has 3 rings (SSSR count). The zero-order valence-corrected chi connectivity index (χ0v) is 10.6. The molecular formula is C12H11N5S. The van der Waals surface area contributed by atoms with Crippen LogP contribution in [0.3, 0.4) is 0 Å². The summed E-state index contributed by atoms with van der Waals surface area (Å²) in [4.78, 5) is 13.3. The fourth-order valence-electron chi connectivity index (χ4n) is 1.66. The van der Waals surface area contributed by atoms with Crippen LogP contribution in [0.1, 0.15) is 11.4 Å². The van der Waals surface area contributed by atoms with Gasteiger partial charge in [0.15, 0.2) is 5.16 Å². The molecule has 0 unspecified atom stereocenters. The van der Waals surface area contributed by atoms with Gasteiger partial charge in [0, 0.05) is 5.75 Å². The number of hydrogen-bond acceptors (Lipinski definition) is 5. The van der Waals surface area contributed by atoms with Crippen molar-refractivity contribution in [2.75, 3.05) is 0 Å². The predicted molar refractivity (Wildman–Crippen MR) is 70.2 cm³/mol. The Morgan fingerprint density at radius 2 is 1.94 bits per heavy atom. The van der Waals surface area contributed by atoms with E-state index in [9.17, 15) is 0 Å². The molecule has 1 aromatic carbocycles. The van der Waals surface area contributed by atoms with Crippen molar-refractivity contribution >= 4 is 22.8 Å². The molecule has 1 N–H and O–H groups in total. The Morgan fingerprint density at radius 1 is 1.17 bits per heavy atom. The molecule has 0 radical (unpaired) electrons. The van der Waals surface area contributed by atoms with Gasteiger partial charge in [0.2, 0.25) is 0 Å². The van der Waals surface area contributed by atoms with Crippen LogP contribution >= 0.6 is 11.8 Å². The van der Waals surface area contributed by atoms with E-state index in [0.29, 0.717) is 0 Å². The summed E-state index contributed by atoms with van der Waals surface area (Å²) in [5.74, 6) is 0.735. The van der Waals surface area contributed by atoms with Crippen LogP contribution in [0, 0.1) is 6.92 Å². The summed E-state index contributed by atoms with van der Waals surface area (Å²) < 4.78 is 0. The molecule has 0 bridgehead atoms. The summed E-state index contributed by atoms with van der Waals surface area (Å²) in [5, 5.41) is 7.43. The van der Waals surface area contributed by atoms with Gasteiger partial charge in [-0.2, -0.15) is 5.10 Å². The van der Waals surface area contributed by atoms with Crippen LogP contribution in [0.15, 0.2) is 35.7 Å². The normalized spacial score (nSPS) is 10.9. The zero-order valence-electron chi connectivity index (χ0n) is 9.79. The van der Waals surface area contributed by atoms with Gasteiger partial charge in [-0.15, -0.1) is 0 Å². The molecule has 0 fully saturated rings. The Balaban J connectivity index is 1.89. The number of benzene rings is 1. The van der Waals surface area contributed by atoms with Crippen molar-refractivity contribution in [2.24, 2.45) is 0 Å². The second kappa shape index (κ2) is 4.73. The summed E-state index contributed by atoms with van der Waals surface area (Å²) in [7, 11) is 0. The average molecular weight is 257 g/mol. The molecule has 0 aliphatic carbocycles. The molecule has 2 heterocycles. The summed E-state index contributed by atoms with van der Waals surface area (Å²) in [5.41, 5.74) is 3.80. The first-order chi connectivity index (χ1) is 8.83. The first kappa shape index (κ1) is 11.2. The average Bonchev–Trinajstić information content (AvgIpc) is 2.89. The Labute approximate surface area is 108 Å². The molecule has 0 saturated heterocycles. The number of H-pyrrole nitrogens is 1. The number of fused-ring (bicyclic) bond motifs is 1. The Hall–Kier alpha value is -1.95. The van der Waals surface area contributed by atoms with Gasteiger partial charge >= 0.3 is 0 Å². The minimum atomic E-state index is 0.735. The molecule has 0 atom stereocenters. The van der Waals surface area contributed by atoms with E-state index in [1.807, 2.05) is 31.2 Å². The van der Waals surface area contributed by atoms with Gasteiger partial charge in [0.25, 0.3) is 0 Å². The van der Waals surface area contributed by atoms with Gasteiger partial charge in [-0.05, 0) is 19.1 Å². The number of aromatic nitrogens is 5. The number of aryl methyl sites for hydroxylation is 1. The molecule has 0 aliphatic rings. The number of nitrogens with zero attached hydrogens (tertiary/aromatic N) is 4. The lowest BCUT2D eigenvalue weighted by Gasteiger charge is -2.05. The first-order valence-corrected chi connectivity index (χ1v) is 6.52. The van der Waals surface area contributed by atoms with Gasteiger partial charge in [-0.25, -0.2) is 15.0 Å². The highest BCUT2D eigenvalue weighted by atomic mass is 32.2. The molecule has 0 spiro atoms. The second-order valence-corrected chi connectivity index (χ2v) is 4.79. The largest absolute Gasteiger partial charge is 0.254 e. The third kappa shape index (κ3) is 2.19. The summed E-state index contributed by atoms with van der Waals surface area (Å²) in [6, 6.07) is 7.90. The van der Waals surface area contributed by atoms with Gasteiger partial charge in [0.05, 0.1) is 22.4 Å². The number of nitrogens with one attached hydrogen (secondary N) is 1. The van der Waals surface area contributed by atoms with E-state index in [2.05, 4.69) is 25.1 Å². The molecule has 2 aromatic heterocycles. The zero-order chi connectivity index (χ0) is 12.4. The molecule has 5 nitrogen and oxygen atoms in total. The van der Waals surface area contributed by atoms with Gasteiger partial charge in [0.1, 0.15) is 6.33 Å². The standard InChI is InChI=1S/C12H11N5S/c1-8-11(6-18-12-13-7-14-17-12)16-10-5-3-2-4-9(10)15-8/h2-5,7H,6H2,1H3,(H,13,14,17). The maximum atomic E-state index is 4.63. The molecule has 0 aliphatic heterocycles. The number of aromatic amines is 1. The minimum absolute atomic E-state index is 0.735. The van der Waals surface area contributed by atoms with Gasteiger partial charge in [-0.1, -0.05) is 23.9 Å². The second-order valence-electron chi connectivity index (χ2n) is 3.82. The first-order valence-electron chi connectivity index (χ1n) is 5.53. The lowest BCUT2D eigenvalue weighted by Crippen LogP contribution is -1.97. The monoisotopic (exact) mass is 257 g/mol. The molecular weight excluding hydrogens is 246 g/mol. The van der Waals surface area contributed by atoms with Crippen LogP contribution in [0.5, 0.6) is 0 Å². The van der Waals surface area contributed by atoms with E-state index in [1.54, 1.807) is 11.8 Å². The fraction of sp³-hybridized carbons (Fsp3) is 0.167. The van der Waals surface area contributed by atoms with Crippen LogP contribution < -0.4 is 0 Å². The van der Waals surface area contributed by atoms with Crippen molar-refractivity contribution in [1.29, 1.82) is 0 Å². The molecule has 90 valence electrons. The smallest absolute Gasteiger partial charge is 0.183 e. The fourth-order valence-corrected chi connectivity index (χ4v) is 2.45. The highest BCUT2D eigenvalue weighted by molar-refractivity contribution is 7.98. The third-order valence-electron chi connectivity index (χ3n) is 2.58. The third-order valence-corrected chi connectivity index (χ3v) is 3.47. The van der Waals surface area contributed by atoms with Crippen molar-refractivity contribution in [3.63, 3.8) is 0 Å². The topological polar surface area (TPSA) is 67.3 Å². The maximum absolute atomic E-state index is 4.63. The van der Waals surface area contributed by atoms with E-state index in [0.717, 1.165) is 33.3 Å². The van der Waals surface area contributed by atoms with E-state index < -0.39 is 0 Å². The van der Waals surface area contributed by atoms with Crippen molar-refractivity contribution in [3.8, 4) is 0 Å². The number of rotatable bonds is 3. The van der Waals surface area contributed by atoms with Gasteiger partial charge < -0.3 is 0 Å². The van der Waals surface area contributed by atoms with E-state index in [1.165, 1.54) is 6.33 Å². The van der Waals surface area contributed by atoms with Crippen LogP contribution in [-0.2, 0) is 5.75 Å². The Kier molecular flexibility index (Phi) is 2.93. The summed E-state index contributed by atoms with van der Waals surface area (Å²) >= 11 is 1.57. The quantitative estimate of drug-likeness (QED) is 0.729. The molecule has 0 amide bonds. The Morgan fingerprint density at radius 3 is 2.67 bits per heavy atom. The molecule has 6 heteroatoms. The van der Waals surface area contributed by atoms with Crippen LogP contribution in [-0.4, -0.2) is 25.1 Å². The number of para-hydroxylation sites is 2. The Bertz CT molecular complexity index is 665. The lowest BCUT2D eigenvalue weighted by molar-refractivity contribution is 0.969. The van der Waals surface area contributed by atoms with Crippen LogP contribution in [0.25, 0.3) is 11.0 Å². The van der Waals surface area contributed by atoms with E-state index in [-0.39, 0.29) is 0 Å². The summed E-state index contributed by atoms with van der Waals surface area (Å²) in [6.07, 6.45) is 1.50. The van der Waals surface area contributed by atoms with Crippen molar-refractivity contribution < 1.29 is 0 Å². The van der Waals surface area contributed by atoms with Crippen molar-refractivity contribution in [3.05, 3.63) is 42.0 Å². The minimum Gasteiger partial charge on any atom is -0.254 e. The van der Waals surface area contributed by atoms with Crippen LogP contribution in [0.2, 0.25) is 0 Å². The SMILES string of the molecule is Cc1nc2ccccc2nc1CSc1ncn[nH]1. The summed E-state index contributed by atoms with van der Waals surface area (Å²) in [6.45, 7) is 1.98. The number of thioether (sulfide) groups is 1. The van der Waals surface area contributed by atoms with Crippen molar-refractivity contribution in [2.45, 2.75) is 17.8 Å². The highest BCUT2D eigenvalue weighted by Crippen LogP contribution is 2.20. The number of hydrogen-bond donors (Lipinski definition) is 1. The lowest BCUT2D eigenvalue weighted by atomic mass is 10.2. The molecule has 0 saturated carbocycles. The van der Waals surface area contributed by atoms with Crippen molar-refractivity contribution in [1.82, 2.24) is 25.1 Å². The van der Waals surface area contributed by atoms with E-state index in [4.69, 9.17) is 0 Å². The van der Waals surface area contributed by atoms with E-state index >= 15 is 0 Å². The van der Waals surface area contributed by atoms with Gasteiger partial charge in [-0.3, -0.25) is 5.10 Å².